The molecule has 2 amide bonds. The number of nitrogens with zero attached hydrogens (tertiary/aromatic N) is 2. The van der Waals surface area contributed by atoms with Crippen molar-refractivity contribution in [3.63, 3.8) is 0 Å². The maximum Gasteiger partial charge on any atom is 0.222 e. The van der Waals surface area contributed by atoms with E-state index in [0.717, 1.165) is 19.1 Å². The number of hydrogen-bond donors (Lipinski definition) is 1. The smallest absolute Gasteiger partial charge is 0.222 e. The van der Waals surface area contributed by atoms with E-state index in [-0.39, 0.29) is 36.9 Å². The van der Waals surface area contributed by atoms with Crippen molar-refractivity contribution in [3.8, 4) is 0 Å². The summed E-state index contributed by atoms with van der Waals surface area (Å²) in [5.41, 5.74) is -1.77. The summed E-state index contributed by atoms with van der Waals surface area (Å²) in [5.74, 6) is -2.36. The Bertz CT molecular complexity index is 837. The van der Waals surface area contributed by atoms with E-state index >= 15 is 0 Å². The lowest BCUT2D eigenvalue weighted by Gasteiger charge is -2.49. The van der Waals surface area contributed by atoms with Crippen LogP contribution in [0.1, 0.15) is 71.6 Å². The van der Waals surface area contributed by atoms with Gasteiger partial charge in [-0.15, -0.1) is 0 Å². The molecule has 9 heteroatoms. The summed E-state index contributed by atoms with van der Waals surface area (Å²) in [7, 11) is 0. The highest BCUT2D eigenvalue weighted by molar-refractivity contribution is 6.16. The first-order valence-electron chi connectivity index (χ1n) is 13.1. The molecule has 0 aromatic rings. The van der Waals surface area contributed by atoms with Gasteiger partial charge in [-0.25, -0.2) is 0 Å². The predicted octanol–water partition coefficient (Wildman–Crippen LogP) is 1.32. The van der Waals surface area contributed by atoms with E-state index in [1.54, 1.807) is 11.8 Å². The molecule has 0 spiro atoms. The average molecular weight is 490 g/mol. The number of amides is 2. The molecule has 4 unspecified atom stereocenters. The molecule has 4 atom stereocenters. The second kappa shape index (κ2) is 12.0. The molecule has 0 bridgehead atoms. The number of Topliss-reactive ketones (excluding diaryl/α,β-unsaturated/α-hetero) is 3. The van der Waals surface area contributed by atoms with E-state index in [1.807, 2.05) is 6.92 Å². The second-order valence-corrected chi connectivity index (χ2v) is 10.2. The van der Waals surface area contributed by atoms with Crippen LogP contribution in [0.3, 0.4) is 0 Å². The molecule has 3 aliphatic rings. The lowest BCUT2D eigenvalue weighted by molar-refractivity contribution is -0.160. The topological polar surface area (TPSA) is 121 Å². The molecule has 1 N–H and O–H groups in total. The highest BCUT2D eigenvalue weighted by atomic mass is 16.2. The second-order valence-electron chi connectivity index (χ2n) is 10.2. The number of hydrogen-bond acceptors (Lipinski definition) is 7. The van der Waals surface area contributed by atoms with Crippen LogP contribution >= 0.6 is 0 Å². The van der Waals surface area contributed by atoms with Crippen molar-refractivity contribution in [2.24, 2.45) is 17.8 Å². The van der Waals surface area contributed by atoms with Crippen LogP contribution in [0.25, 0.3) is 0 Å². The fraction of sp³-hybridized carbons (Fsp3) is 0.769. The van der Waals surface area contributed by atoms with Crippen molar-refractivity contribution in [2.45, 2.75) is 83.2 Å². The average Bonchev–Trinajstić information content (AvgIpc) is 2.91. The molecular formula is C26H39N3O6. The number of rotatable bonds is 10. The number of piperidine rings is 3. The molecular weight excluding hydrogens is 450 g/mol. The van der Waals surface area contributed by atoms with Gasteiger partial charge in [0.2, 0.25) is 12.3 Å². The molecule has 9 nitrogen and oxygen atoms in total. The Balaban J connectivity index is 1.95. The molecule has 3 fully saturated rings. The predicted molar refractivity (Wildman–Crippen MR) is 128 cm³/mol. The zero-order chi connectivity index (χ0) is 25.6. The van der Waals surface area contributed by atoms with Gasteiger partial charge in [0.25, 0.3) is 0 Å². The van der Waals surface area contributed by atoms with Crippen LogP contribution in [0.5, 0.6) is 0 Å². The van der Waals surface area contributed by atoms with Gasteiger partial charge < -0.3 is 19.9 Å². The van der Waals surface area contributed by atoms with Crippen molar-refractivity contribution in [3.05, 3.63) is 0 Å². The quantitative estimate of drug-likeness (QED) is 0.363. The van der Waals surface area contributed by atoms with Crippen LogP contribution in [-0.4, -0.2) is 83.5 Å². The Morgan fingerprint density at radius 2 is 1.69 bits per heavy atom. The lowest BCUT2D eigenvalue weighted by Crippen LogP contribution is -2.70. The zero-order valence-corrected chi connectivity index (χ0v) is 21.0. The van der Waals surface area contributed by atoms with Crippen molar-refractivity contribution >= 4 is 36.0 Å². The number of likely N-dealkylation sites (tertiary alicyclic amines) is 2. The van der Waals surface area contributed by atoms with Gasteiger partial charge in [-0.05, 0) is 51.5 Å². The van der Waals surface area contributed by atoms with Crippen LogP contribution in [0.2, 0.25) is 0 Å². The van der Waals surface area contributed by atoms with Gasteiger partial charge in [0.1, 0.15) is 12.1 Å². The first-order chi connectivity index (χ1) is 16.8. The monoisotopic (exact) mass is 489 g/mol. The van der Waals surface area contributed by atoms with E-state index in [9.17, 15) is 28.8 Å². The lowest BCUT2D eigenvalue weighted by atomic mass is 9.66. The number of carbonyl (C=O) groups is 6. The van der Waals surface area contributed by atoms with Crippen LogP contribution in [0.4, 0.5) is 0 Å². The largest absolute Gasteiger partial charge is 0.343 e. The van der Waals surface area contributed by atoms with Crippen molar-refractivity contribution in [1.29, 1.82) is 0 Å². The number of nitrogens with one attached hydrogen (secondary N) is 1. The maximum absolute atomic E-state index is 14.3. The molecule has 3 aliphatic heterocycles. The molecule has 35 heavy (non-hydrogen) atoms. The van der Waals surface area contributed by atoms with Gasteiger partial charge in [-0.2, -0.15) is 0 Å². The molecule has 0 aromatic carbocycles. The summed E-state index contributed by atoms with van der Waals surface area (Å²) < 4.78 is 0. The first-order valence-corrected chi connectivity index (χ1v) is 13.1. The minimum Gasteiger partial charge on any atom is -0.343 e. The van der Waals surface area contributed by atoms with Crippen LogP contribution < -0.4 is 5.32 Å². The summed E-state index contributed by atoms with van der Waals surface area (Å²) in [5, 5.41) is 3.17. The van der Waals surface area contributed by atoms with Gasteiger partial charge in [0, 0.05) is 50.2 Å². The number of aldehydes is 1. The molecule has 3 rings (SSSR count). The zero-order valence-electron chi connectivity index (χ0n) is 21.0. The number of ketones is 3. The van der Waals surface area contributed by atoms with Gasteiger partial charge in [-0.1, -0.05) is 13.8 Å². The van der Waals surface area contributed by atoms with E-state index < -0.39 is 35.1 Å². The molecule has 0 aliphatic carbocycles. The third-order valence-electron chi connectivity index (χ3n) is 8.11. The minimum absolute atomic E-state index is 0.0405. The molecule has 3 heterocycles. The van der Waals surface area contributed by atoms with E-state index in [1.165, 1.54) is 4.90 Å². The molecule has 3 saturated heterocycles. The molecule has 0 saturated carbocycles. The first kappa shape index (κ1) is 27.2. The highest BCUT2D eigenvalue weighted by Crippen LogP contribution is 2.39. The third-order valence-corrected chi connectivity index (χ3v) is 8.11. The Morgan fingerprint density at radius 3 is 2.29 bits per heavy atom. The van der Waals surface area contributed by atoms with Crippen LogP contribution in [-0.2, 0) is 28.8 Å². The SMILES string of the molecule is CCCC(=O)N1CCC(C(=O)C2(C(=O)C3NCCCC3C(=O)CC)CC(C=O)CCN2C=O)CC1. The molecule has 0 radical (unpaired) electrons. The Labute approximate surface area is 207 Å². The highest BCUT2D eigenvalue weighted by Gasteiger charge is 2.58. The summed E-state index contributed by atoms with van der Waals surface area (Å²) in [6, 6.07) is -0.862. The summed E-state index contributed by atoms with van der Waals surface area (Å²) in [6.07, 6.45) is 5.30. The maximum atomic E-state index is 14.3. The third kappa shape index (κ3) is 5.39. The Kier molecular flexibility index (Phi) is 9.33. The fourth-order valence-corrected chi connectivity index (χ4v) is 6.09. The van der Waals surface area contributed by atoms with Gasteiger partial charge >= 0.3 is 0 Å². The van der Waals surface area contributed by atoms with E-state index in [2.05, 4.69) is 5.32 Å². The van der Waals surface area contributed by atoms with Crippen molar-refractivity contribution in [1.82, 2.24) is 15.1 Å². The fourth-order valence-electron chi connectivity index (χ4n) is 6.09. The van der Waals surface area contributed by atoms with Gasteiger partial charge in [0.15, 0.2) is 17.1 Å². The van der Waals surface area contributed by atoms with Crippen molar-refractivity contribution in [2.75, 3.05) is 26.2 Å². The van der Waals surface area contributed by atoms with E-state index in [4.69, 9.17) is 0 Å². The molecule has 194 valence electrons. The standard InChI is InChI=1S/C26H39N3O6/c1-3-6-22(33)28-12-9-19(10-13-28)24(34)26(15-18(16-30)8-14-29(26)17-31)25(35)23-20(21(32)4-2)7-5-11-27-23/h16-20,23,27H,3-15H2,1-2H3. The Morgan fingerprint density at radius 1 is 0.971 bits per heavy atom. The minimum atomic E-state index is -1.77. The normalized spacial score (nSPS) is 29.9. The number of carbonyl (C=O) groups excluding carboxylic acids is 6. The van der Waals surface area contributed by atoms with Crippen LogP contribution in [0.15, 0.2) is 0 Å². The summed E-state index contributed by atoms with van der Waals surface area (Å²) >= 11 is 0. The van der Waals surface area contributed by atoms with Gasteiger partial charge in [0.05, 0.1) is 6.04 Å². The summed E-state index contributed by atoms with van der Waals surface area (Å²) in [4.78, 5) is 80.5. The van der Waals surface area contributed by atoms with Crippen LogP contribution in [0, 0.1) is 17.8 Å². The van der Waals surface area contributed by atoms with Crippen molar-refractivity contribution < 1.29 is 28.8 Å². The Hall–Kier alpha value is -2.42. The molecule has 0 aromatic heterocycles. The van der Waals surface area contributed by atoms with Gasteiger partial charge in [-0.3, -0.25) is 24.0 Å². The van der Waals surface area contributed by atoms with E-state index in [0.29, 0.717) is 58.1 Å². The summed E-state index contributed by atoms with van der Waals surface area (Å²) in [6.45, 7) is 5.24.